The molecule has 6 heteroatoms. The van der Waals surface area contributed by atoms with Crippen LogP contribution in [0.25, 0.3) is 11.3 Å². The number of hydrogen-bond donors (Lipinski definition) is 1. The summed E-state index contributed by atoms with van der Waals surface area (Å²) >= 11 is 0. The number of hydrogen-bond acceptors (Lipinski definition) is 4. The van der Waals surface area contributed by atoms with Crippen LogP contribution in [0.4, 0.5) is 0 Å². The molecule has 0 spiro atoms. The lowest BCUT2D eigenvalue weighted by molar-refractivity contribution is -0.135. The maximum Gasteiger partial charge on any atom is 0.227 e. The minimum absolute atomic E-state index is 0.245. The normalized spacial score (nSPS) is 28.6. The molecule has 0 unspecified atom stereocenters. The molecule has 1 aromatic carbocycles. The van der Waals surface area contributed by atoms with Crippen molar-refractivity contribution in [1.82, 2.24) is 20.0 Å². The van der Waals surface area contributed by atoms with E-state index in [1.54, 1.807) is 12.7 Å². The van der Waals surface area contributed by atoms with Crippen molar-refractivity contribution >= 4 is 5.91 Å². The molecule has 3 saturated heterocycles. The third kappa shape index (κ3) is 3.76. The van der Waals surface area contributed by atoms with Crippen LogP contribution >= 0.6 is 0 Å². The number of nitrogens with zero attached hydrogens (tertiary/aromatic N) is 3. The molecule has 6 rings (SSSR count). The Hall–Kier alpha value is -2.60. The van der Waals surface area contributed by atoms with Crippen molar-refractivity contribution in [2.45, 2.75) is 64.0 Å². The van der Waals surface area contributed by atoms with Gasteiger partial charge < -0.3 is 9.64 Å². The first kappa shape index (κ1) is 21.9. The van der Waals surface area contributed by atoms with Gasteiger partial charge in [-0.05, 0) is 81.7 Å². The highest BCUT2D eigenvalue weighted by molar-refractivity contribution is 5.82. The molecule has 6 nitrogen and oxygen atoms in total. The fourth-order valence-corrected chi connectivity index (χ4v) is 7.16. The summed E-state index contributed by atoms with van der Waals surface area (Å²) in [6.45, 7) is 5.29. The molecule has 180 valence electrons. The van der Waals surface area contributed by atoms with Gasteiger partial charge in [-0.15, -0.1) is 0 Å². The zero-order valence-electron chi connectivity index (χ0n) is 20.4. The van der Waals surface area contributed by atoms with E-state index >= 15 is 0 Å². The number of aryl methyl sites for hydroxylation is 1. The van der Waals surface area contributed by atoms with Crippen LogP contribution in [0.5, 0.6) is 5.75 Å². The Morgan fingerprint density at radius 3 is 2.85 bits per heavy atom. The van der Waals surface area contributed by atoms with Crippen LogP contribution in [-0.4, -0.2) is 64.7 Å². The summed E-state index contributed by atoms with van der Waals surface area (Å²) in [6, 6.07) is 8.96. The molecule has 4 aliphatic rings. The second-order valence-electron chi connectivity index (χ2n) is 10.7. The lowest BCUT2D eigenvalue weighted by Crippen LogP contribution is -2.60. The zero-order chi connectivity index (χ0) is 23.2. The van der Waals surface area contributed by atoms with Crippen molar-refractivity contribution in [1.29, 1.82) is 0 Å². The minimum Gasteiger partial charge on any atom is -0.497 e. The first-order valence-corrected chi connectivity index (χ1v) is 13.0. The molecule has 1 amide bonds. The number of aromatic nitrogens is 2. The van der Waals surface area contributed by atoms with Gasteiger partial charge in [0.15, 0.2) is 0 Å². The smallest absolute Gasteiger partial charge is 0.227 e. The number of H-pyrrole nitrogens is 1. The Kier molecular flexibility index (Phi) is 5.72. The number of nitrogens with one attached hydrogen (secondary N) is 1. The third-order valence-corrected chi connectivity index (χ3v) is 8.74. The van der Waals surface area contributed by atoms with Gasteiger partial charge in [-0.2, -0.15) is 5.10 Å². The number of rotatable bonds is 4. The number of carbonyl (C=O) groups excluding carboxylic acids is 1. The lowest BCUT2D eigenvalue weighted by Gasteiger charge is -2.54. The number of likely N-dealkylation sites (tertiary alicyclic amines) is 1. The summed E-state index contributed by atoms with van der Waals surface area (Å²) in [7, 11) is 1.67. The molecule has 2 aromatic rings. The highest BCUT2D eigenvalue weighted by atomic mass is 16.5. The minimum atomic E-state index is 0.245. The monoisotopic (exact) mass is 460 g/mol. The summed E-state index contributed by atoms with van der Waals surface area (Å²) in [5.74, 6) is 2.34. The number of carbonyl (C=O) groups is 1. The van der Waals surface area contributed by atoms with Gasteiger partial charge in [0.05, 0.1) is 25.3 Å². The summed E-state index contributed by atoms with van der Waals surface area (Å²) in [5.41, 5.74) is 5.42. The van der Waals surface area contributed by atoms with Crippen LogP contribution in [-0.2, 0) is 11.2 Å². The molecule has 0 radical (unpaired) electrons. The third-order valence-electron chi connectivity index (χ3n) is 8.74. The Bertz CT molecular complexity index is 1090. The molecule has 3 fully saturated rings. The van der Waals surface area contributed by atoms with Crippen molar-refractivity contribution in [2.24, 2.45) is 11.8 Å². The number of amides is 1. The van der Waals surface area contributed by atoms with Crippen LogP contribution in [0.3, 0.4) is 0 Å². The predicted octanol–water partition coefficient (Wildman–Crippen LogP) is 4.36. The molecule has 2 bridgehead atoms. The molecule has 0 saturated carbocycles. The number of ether oxygens (including phenoxy) is 1. The highest BCUT2D eigenvalue weighted by Crippen LogP contribution is 2.45. The average molecular weight is 461 g/mol. The molecule has 4 heterocycles. The van der Waals surface area contributed by atoms with E-state index in [-0.39, 0.29) is 11.9 Å². The van der Waals surface area contributed by atoms with E-state index in [0.717, 1.165) is 60.2 Å². The zero-order valence-corrected chi connectivity index (χ0v) is 20.4. The maximum absolute atomic E-state index is 13.8. The van der Waals surface area contributed by atoms with Gasteiger partial charge in [0.25, 0.3) is 0 Å². The van der Waals surface area contributed by atoms with E-state index in [1.807, 2.05) is 31.2 Å². The molecular weight excluding hydrogens is 424 g/mol. The van der Waals surface area contributed by atoms with Gasteiger partial charge >= 0.3 is 0 Å². The topological polar surface area (TPSA) is 61.5 Å². The largest absolute Gasteiger partial charge is 0.497 e. The molecular formula is C28H36N4O2. The Balaban J connectivity index is 1.25. The second kappa shape index (κ2) is 8.88. The van der Waals surface area contributed by atoms with Gasteiger partial charge in [0, 0.05) is 36.0 Å². The van der Waals surface area contributed by atoms with E-state index in [0.29, 0.717) is 18.3 Å². The second-order valence-corrected chi connectivity index (χ2v) is 10.7. The quantitative estimate of drug-likeness (QED) is 0.689. The van der Waals surface area contributed by atoms with Crippen molar-refractivity contribution in [2.75, 3.05) is 26.7 Å². The lowest BCUT2D eigenvalue weighted by atomic mass is 9.68. The fraction of sp³-hybridized carbons (Fsp3) is 0.571. The Morgan fingerprint density at radius 1 is 1.18 bits per heavy atom. The number of piperidine rings is 3. The number of fused-ring (bicyclic) bond motifs is 6. The summed E-state index contributed by atoms with van der Waals surface area (Å²) < 4.78 is 5.30. The SMILES string of the molecule is COc1ccc(-c2n[nH]c(C)c2CC(=O)N2CCCC3=C[C@H]4C[C@H](CN5CCCC[C@@H]45)[C@H]32)cc1. The molecule has 1 aromatic heterocycles. The van der Waals surface area contributed by atoms with Crippen molar-refractivity contribution < 1.29 is 9.53 Å². The number of aromatic amines is 1. The molecule has 4 atom stereocenters. The van der Waals surface area contributed by atoms with Crippen LogP contribution < -0.4 is 4.74 Å². The first-order chi connectivity index (χ1) is 16.6. The predicted molar refractivity (Wildman–Crippen MR) is 133 cm³/mol. The van der Waals surface area contributed by atoms with Gasteiger partial charge in [0.2, 0.25) is 5.91 Å². The van der Waals surface area contributed by atoms with Gasteiger partial charge in [-0.25, -0.2) is 0 Å². The molecule has 1 N–H and O–H groups in total. The van der Waals surface area contributed by atoms with Crippen molar-refractivity contribution in [3.8, 4) is 17.0 Å². The van der Waals surface area contributed by atoms with E-state index in [4.69, 9.17) is 4.74 Å². The molecule has 3 aliphatic heterocycles. The van der Waals surface area contributed by atoms with E-state index < -0.39 is 0 Å². The molecule has 34 heavy (non-hydrogen) atoms. The van der Waals surface area contributed by atoms with Crippen LogP contribution in [0.1, 0.15) is 49.8 Å². The number of benzene rings is 1. The van der Waals surface area contributed by atoms with Gasteiger partial charge in [-0.1, -0.05) is 18.1 Å². The van der Waals surface area contributed by atoms with E-state index in [1.165, 1.54) is 32.2 Å². The van der Waals surface area contributed by atoms with Crippen molar-refractivity contribution in [3.63, 3.8) is 0 Å². The van der Waals surface area contributed by atoms with Crippen LogP contribution in [0.15, 0.2) is 35.9 Å². The van der Waals surface area contributed by atoms with Crippen LogP contribution in [0, 0.1) is 18.8 Å². The van der Waals surface area contributed by atoms with E-state index in [2.05, 4.69) is 26.1 Å². The summed E-state index contributed by atoms with van der Waals surface area (Å²) in [6.07, 6.45) is 10.5. The van der Waals surface area contributed by atoms with E-state index in [9.17, 15) is 4.79 Å². The Morgan fingerprint density at radius 2 is 2.03 bits per heavy atom. The van der Waals surface area contributed by atoms with Crippen LogP contribution in [0.2, 0.25) is 0 Å². The van der Waals surface area contributed by atoms with Crippen molar-refractivity contribution in [3.05, 3.63) is 47.2 Å². The highest BCUT2D eigenvalue weighted by Gasteiger charge is 2.46. The average Bonchev–Trinajstić information content (AvgIpc) is 3.23. The molecule has 1 aliphatic carbocycles. The summed E-state index contributed by atoms with van der Waals surface area (Å²) in [5, 5.41) is 7.69. The first-order valence-electron chi connectivity index (χ1n) is 13.0. The maximum atomic E-state index is 13.8. The van der Waals surface area contributed by atoms with Gasteiger partial charge in [-0.3, -0.25) is 14.8 Å². The standard InChI is InChI=1S/C28H36N4O2/c1-18-24(27(30-29-18)19-8-10-23(34-2)11-9-19)16-26(33)32-13-5-6-20-14-21-15-22(28(20)32)17-31-12-4-3-7-25(21)31/h8-11,14,21-22,25,28H,3-7,12-13,15-17H2,1-2H3,(H,29,30)/t21-,22+,25-,28-/m0/s1. The Labute approximate surface area is 202 Å². The summed E-state index contributed by atoms with van der Waals surface area (Å²) in [4.78, 5) is 18.8. The fourth-order valence-electron chi connectivity index (χ4n) is 7.16. The van der Waals surface area contributed by atoms with Gasteiger partial charge in [0.1, 0.15) is 5.75 Å². The number of methoxy groups -OCH3 is 1.